The zero-order chi connectivity index (χ0) is 8.44. The van der Waals surface area contributed by atoms with Crippen molar-refractivity contribution in [1.82, 2.24) is 5.32 Å². The van der Waals surface area contributed by atoms with Crippen molar-refractivity contribution in [2.75, 3.05) is 17.6 Å². The maximum atomic E-state index is 5.73. The fourth-order valence-corrected chi connectivity index (χ4v) is 2.82. The van der Waals surface area contributed by atoms with Crippen LogP contribution in [0.5, 0.6) is 0 Å². The summed E-state index contributed by atoms with van der Waals surface area (Å²) < 4.78 is 6.87. The second-order valence-corrected chi connectivity index (χ2v) is 4.84. The Bertz CT molecular complexity index is 157. The van der Waals surface area contributed by atoms with E-state index in [4.69, 9.17) is 4.74 Å². The molecule has 2 rings (SSSR count). The number of alkyl halides is 1. The lowest BCUT2D eigenvalue weighted by atomic mass is 9.87. The first-order valence-electron chi connectivity index (χ1n) is 4.77. The summed E-state index contributed by atoms with van der Waals surface area (Å²) in [4.78, 5) is 0. The Labute approximate surface area is 87.6 Å². The van der Waals surface area contributed by atoms with E-state index >= 15 is 0 Å². The molecule has 12 heavy (non-hydrogen) atoms. The van der Waals surface area contributed by atoms with Crippen LogP contribution in [0.2, 0.25) is 0 Å². The Hall–Kier alpha value is 0.650. The molecule has 0 saturated carbocycles. The average molecular weight is 281 g/mol. The van der Waals surface area contributed by atoms with E-state index in [2.05, 4.69) is 27.9 Å². The summed E-state index contributed by atoms with van der Waals surface area (Å²) in [7, 11) is 0. The van der Waals surface area contributed by atoms with Gasteiger partial charge in [-0.2, -0.15) is 0 Å². The molecule has 2 atom stereocenters. The van der Waals surface area contributed by atoms with Gasteiger partial charge in [0, 0.05) is 9.97 Å². The molecule has 2 heterocycles. The second-order valence-electron chi connectivity index (χ2n) is 3.96. The lowest BCUT2D eigenvalue weighted by Gasteiger charge is -2.33. The molecule has 2 fully saturated rings. The number of hydrogen-bond acceptors (Lipinski definition) is 2. The van der Waals surface area contributed by atoms with Gasteiger partial charge in [-0.3, -0.25) is 0 Å². The number of hydrogen-bond donors (Lipinski definition) is 1. The zero-order valence-corrected chi connectivity index (χ0v) is 9.47. The summed E-state index contributed by atoms with van der Waals surface area (Å²) in [5.74, 6) is 0. The molecule has 2 aliphatic heterocycles. The molecule has 1 spiro atoms. The van der Waals surface area contributed by atoms with Crippen LogP contribution in [0.15, 0.2) is 0 Å². The highest BCUT2D eigenvalue weighted by molar-refractivity contribution is 14.1. The van der Waals surface area contributed by atoms with E-state index in [0.29, 0.717) is 11.6 Å². The van der Waals surface area contributed by atoms with Crippen LogP contribution in [0.4, 0.5) is 0 Å². The minimum Gasteiger partial charge on any atom is -0.375 e. The molecule has 2 saturated heterocycles. The second kappa shape index (κ2) is 3.80. The van der Waals surface area contributed by atoms with Gasteiger partial charge in [0.15, 0.2) is 0 Å². The summed E-state index contributed by atoms with van der Waals surface area (Å²) >= 11 is 2.42. The van der Waals surface area contributed by atoms with Gasteiger partial charge in [-0.05, 0) is 25.8 Å². The fourth-order valence-electron chi connectivity index (χ4n) is 2.26. The van der Waals surface area contributed by atoms with E-state index in [-0.39, 0.29) is 0 Å². The third kappa shape index (κ3) is 1.77. The summed E-state index contributed by atoms with van der Waals surface area (Å²) in [5, 5.41) is 3.63. The van der Waals surface area contributed by atoms with Crippen molar-refractivity contribution < 1.29 is 4.74 Å². The molecule has 0 aliphatic carbocycles. The first-order valence-corrected chi connectivity index (χ1v) is 6.30. The fraction of sp³-hybridized carbons (Fsp3) is 1.00. The van der Waals surface area contributed by atoms with E-state index in [1.807, 2.05) is 0 Å². The average Bonchev–Trinajstić information content (AvgIpc) is 2.50. The van der Waals surface area contributed by atoms with Crippen LogP contribution in [-0.2, 0) is 4.74 Å². The molecule has 0 bridgehead atoms. The van der Waals surface area contributed by atoms with Crippen LogP contribution >= 0.6 is 22.6 Å². The van der Waals surface area contributed by atoms with Crippen molar-refractivity contribution in [2.24, 2.45) is 0 Å². The van der Waals surface area contributed by atoms with Crippen LogP contribution in [-0.4, -0.2) is 29.2 Å². The Morgan fingerprint density at radius 3 is 3.00 bits per heavy atom. The lowest BCUT2D eigenvalue weighted by molar-refractivity contribution is 0.111. The van der Waals surface area contributed by atoms with Gasteiger partial charge < -0.3 is 10.1 Å². The van der Waals surface area contributed by atoms with Gasteiger partial charge in [-0.25, -0.2) is 0 Å². The Morgan fingerprint density at radius 1 is 1.50 bits per heavy atom. The van der Waals surface area contributed by atoms with Crippen LogP contribution in [0, 0.1) is 0 Å². The van der Waals surface area contributed by atoms with Crippen LogP contribution in [0.3, 0.4) is 0 Å². The van der Waals surface area contributed by atoms with Crippen molar-refractivity contribution in [3.05, 3.63) is 0 Å². The number of halogens is 1. The largest absolute Gasteiger partial charge is 0.375 e. The summed E-state index contributed by atoms with van der Waals surface area (Å²) in [6, 6.07) is 0. The molecule has 2 nitrogen and oxygen atoms in total. The molecule has 1 N–H and O–H groups in total. The molecule has 0 aromatic heterocycles. The summed E-state index contributed by atoms with van der Waals surface area (Å²) in [5.41, 5.74) is 0.369. The molecular weight excluding hydrogens is 265 g/mol. The third-order valence-corrected chi connectivity index (χ3v) is 3.95. The van der Waals surface area contributed by atoms with Gasteiger partial charge in [0.2, 0.25) is 0 Å². The lowest BCUT2D eigenvalue weighted by Crippen LogP contribution is -2.49. The van der Waals surface area contributed by atoms with Crippen LogP contribution in [0.1, 0.15) is 25.7 Å². The van der Waals surface area contributed by atoms with Crippen LogP contribution < -0.4 is 5.32 Å². The summed E-state index contributed by atoms with van der Waals surface area (Å²) in [6.45, 7) is 2.14. The Balaban J connectivity index is 1.94. The Morgan fingerprint density at radius 2 is 2.42 bits per heavy atom. The van der Waals surface area contributed by atoms with E-state index in [0.717, 1.165) is 11.0 Å². The van der Waals surface area contributed by atoms with Crippen LogP contribution in [0.25, 0.3) is 0 Å². The minimum atomic E-state index is 0.369. The molecule has 0 aromatic carbocycles. The van der Waals surface area contributed by atoms with Crippen molar-refractivity contribution >= 4 is 22.6 Å². The maximum absolute atomic E-state index is 5.73. The molecule has 0 aromatic rings. The van der Waals surface area contributed by atoms with E-state index < -0.39 is 0 Å². The monoisotopic (exact) mass is 281 g/mol. The SMILES string of the molecule is IC[C@H]1C[C@]2(CCCCN2)CO1. The zero-order valence-electron chi connectivity index (χ0n) is 7.31. The number of rotatable bonds is 1. The summed E-state index contributed by atoms with van der Waals surface area (Å²) in [6.07, 6.45) is 5.79. The van der Waals surface area contributed by atoms with Crippen molar-refractivity contribution in [3.63, 3.8) is 0 Å². The smallest absolute Gasteiger partial charge is 0.0683 e. The number of piperidine rings is 1. The van der Waals surface area contributed by atoms with Gasteiger partial charge in [-0.15, -0.1) is 0 Å². The van der Waals surface area contributed by atoms with E-state index in [1.165, 1.54) is 32.2 Å². The number of ether oxygens (including phenoxy) is 1. The highest BCUT2D eigenvalue weighted by atomic mass is 127. The topological polar surface area (TPSA) is 21.3 Å². The van der Waals surface area contributed by atoms with E-state index in [1.54, 1.807) is 0 Å². The third-order valence-electron chi connectivity index (χ3n) is 2.97. The van der Waals surface area contributed by atoms with Crippen molar-refractivity contribution in [1.29, 1.82) is 0 Å². The van der Waals surface area contributed by atoms with Gasteiger partial charge in [0.05, 0.1) is 12.7 Å². The molecular formula is C9H16INO. The molecule has 70 valence electrons. The highest BCUT2D eigenvalue weighted by Gasteiger charge is 2.39. The van der Waals surface area contributed by atoms with Gasteiger partial charge in [0.25, 0.3) is 0 Å². The number of nitrogens with one attached hydrogen (secondary N) is 1. The first kappa shape index (κ1) is 9.21. The molecule has 0 unspecified atom stereocenters. The molecule has 2 aliphatic rings. The predicted octanol–water partition coefficient (Wildman–Crippen LogP) is 1.72. The minimum absolute atomic E-state index is 0.369. The van der Waals surface area contributed by atoms with Gasteiger partial charge in [0.1, 0.15) is 0 Å². The van der Waals surface area contributed by atoms with Crippen molar-refractivity contribution in [3.8, 4) is 0 Å². The predicted molar refractivity (Wildman–Crippen MR) is 57.8 cm³/mol. The quantitative estimate of drug-likeness (QED) is 0.584. The standard InChI is InChI=1S/C9H16INO/c10-6-8-5-9(7-12-8)3-1-2-4-11-9/h8,11H,1-7H2/t8-,9-/m1/s1. The highest BCUT2D eigenvalue weighted by Crippen LogP contribution is 2.32. The van der Waals surface area contributed by atoms with Crippen molar-refractivity contribution in [2.45, 2.75) is 37.3 Å². The van der Waals surface area contributed by atoms with Gasteiger partial charge in [-0.1, -0.05) is 29.0 Å². The van der Waals surface area contributed by atoms with Gasteiger partial charge >= 0.3 is 0 Å². The molecule has 3 heteroatoms. The molecule has 0 amide bonds. The molecule has 0 radical (unpaired) electrons. The normalized spacial score (nSPS) is 42.2. The Kier molecular flexibility index (Phi) is 2.92. The first-order chi connectivity index (χ1) is 5.85. The van der Waals surface area contributed by atoms with E-state index in [9.17, 15) is 0 Å². The maximum Gasteiger partial charge on any atom is 0.0683 e.